The number of nitrogens with zero attached hydrogens (tertiary/aromatic N) is 4. The van der Waals surface area contributed by atoms with Crippen molar-refractivity contribution < 1.29 is 4.79 Å². The Labute approximate surface area is 130 Å². The van der Waals surface area contributed by atoms with Gasteiger partial charge < -0.3 is 4.90 Å². The summed E-state index contributed by atoms with van der Waals surface area (Å²) in [6, 6.07) is 9.26. The normalized spacial score (nSPS) is 11.5. The van der Waals surface area contributed by atoms with Gasteiger partial charge in [-0.15, -0.1) is 0 Å². The van der Waals surface area contributed by atoms with Crippen LogP contribution in [0.1, 0.15) is 47.2 Å². The largest absolute Gasteiger partial charge is 0.331 e. The molecule has 0 fully saturated rings. The lowest BCUT2D eigenvalue weighted by Gasteiger charge is -2.28. The molecular formula is C17H18N4O. The third-order valence-corrected chi connectivity index (χ3v) is 3.59. The minimum Gasteiger partial charge on any atom is -0.331 e. The monoisotopic (exact) mass is 294 g/mol. The Morgan fingerprint density at radius 1 is 1.27 bits per heavy atom. The molecule has 1 aromatic carbocycles. The van der Waals surface area contributed by atoms with Crippen LogP contribution in [0.3, 0.4) is 0 Å². The van der Waals surface area contributed by atoms with Crippen molar-refractivity contribution in [1.82, 2.24) is 14.9 Å². The van der Waals surface area contributed by atoms with Crippen molar-refractivity contribution in [2.24, 2.45) is 0 Å². The van der Waals surface area contributed by atoms with Crippen molar-refractivity contribution in [3.8, 4) is 6.07 Å². The highest BCUT2D eigenvalue weighted by Gasteiger charge is 2.22. The highest BCUT2D eigenvalue weighted by molar-refractivity contribution is 5.92. The number of carbonyl (C=O) groups excluding carboxylic acids is 1. The minimum absolute atomic E-state index is 0.103. The Morgan fingerprint density at radius 2 is 1.95 bits per heavy atom. The Kier molecular flexibility index (Phi) is 4.84. The van der Waals surface area contributed by atoms with E-state index in [2.05, 4.69) is 16.0 Å². The highest BCUT2D eigenvalue weighted by Crippen LogP contribution is 2.22. The molecule has 0 aliphatic heterocycles. The van der Waals surface area contributed by atoms with E-state index in [1.165, 1.54) is 6.20 Å². The van der Waals surface area contributed by atoms with Crippen LogP contribution in [0.15, 0.2) is 36.7 Å². The maximum absolute atomic E-state index is 12.6. The summed E-state index contributed by atoms with van der Waals surface area (Å²) >= 11 is 0. The van der Waals surface area contributed by atoms with E-state index in [0.29, 0.717) is 17.8 Å². The Morgan fingerprint density at radius 3 is 2.45 bits per heavy atom. The lowest BCUT2D eigenvalue weighted by molar-refractivity contribution is 0.0695. The van der Waals surface area contributed by atoms with E-state index in [4.69, 9.17) is 5.26 Å². The van der Waals surface area contributed by atoms with Gasteiger partial charge in [0.25, 0.3) is 5.91 Å². The SMILES string of the molecule is CCN(C(=O)c1cnc(C)cn1)C(C)c1ccc(C#N)cc1. The maximum Gasteiger partial charge on any atom is 0.274 e. The number of amides is 1. The average Bonchev–Trinajstić information content (AvgIpc) is 2.56. The van der Waals surface area contributed by atoms with Crippen LogP contribution in [0.25, 0.3) is 0 Å². The van der Waals surface area contributed by atoms with Crippen molar-refractivity contribution in [2.45, 2.75) is 26.8 Å². The smallest absolute Gasteiger partial charge is 0.274 e. The summed E-state index contributed by atoms with van der Waals surface area (Å²) in [5.41, 5.74) is 2.71. The van der Waals surface area contributed by atoms with E-state index in [1.54, 1.807) is 23.2 Å². The predicted octanol–water partition coefficient (Wildman–Crippen LogP) is 2.88. The van der Waals surface area contributed by atoms with Gasteiger partial charge in [-0.05, 0) is 38.5 Å². The quantitative estimate of drug-likeness (QED) is 0.869. The van der Waals surface area contributed by atoms with Crippen LogP contribution in [0.5, 0.6) is 0 Å². The summed E-state index contributed by atoms with van der Waals surface area (Å²) in [5, 5.41) is 8.85. The van der Waals surface area contributed by atoms with Gasteiger partial charge in [0.15, 0.2) is 0 Å². The Bertz CT molecular complexity index is 686. The first-order chi connectivity index (χ1) is 10.6. The second kappa shape index (κ2) is 6.81. The molecule has 1 atom stereocenters. The molecule has 5 heteroatoms. The molecule has 1 unspecified atom stereocenters. The fourth-order valence-electron chi connectivity index (χ4n) is 2.26. The third kappa shape index (κ3) is 3.29. The van der Waals surface area contributed by atoms with Crippen molar-refractivity contribution in [3.05, 3.63) is 59.2 Å². The molecule has 1 heterocycles. The molecule has 2 rings (SSSR count). The number of benzene rings is 1. The van der Waals surface area contributed by atoms with E-state index in [-0.39, 0.29) is 11.9 Å². The molecule has 0 spiro atoms. The lowest BCUT2D eigenvalue weighted by atomic mass is 10.0. The van der Waals surface area contributed by atoms with Crippen LogP contribution in [0, 0.1) is 18.3 Å². The topological polar surface area (TPSA) is 69.9 Å². The zero-order chi connectivity index (χ0) is 16.1. The number of aromatic nitrogens is 2. The van der Waals surface area contributed by atoms with Gasteiger partial charge in [0.05, 0.1) is 29.6 Å². The molecule has 0 aliphatic carbocycles. The van der Waals surface area contributed by atoms with Gasteiger partial charge in [0.1, 0.15) is 5.69 Å². The molecule has 1 amide bonds. The van der Waals surface area contributed by atoms with Crippen LogP contribution in [-0.2, 0) is 0 Å². The molecule has 5 nitrogen and oxygen atoms in total. The molecule has 0 N–H and O–H groups in total. The number of carbonyl (C=O) groups is 1. The molecule has 22 heavy (non-hydrogen) atoms. The third-order valence-electron chi connectivity index (χ3n) is 3.59. The van der Waals surface area contributed by atoms with Crippen LogP contribution in [-0.4, -0.2) is 27.3 Å². The number of nitriles is 1. The van der Waals surface area contributed by atoms with E-state index in [0.717, 1.165) is 11.3 Å². The maximum atomic E-state index is 12.6. The predicted molar refractivity (Wildman–Crippen MR) is 83.1 cm³/mol. The summed E-state index contributed by atoms with van der Waals surface area (Å²) in [7, 11) is 0. The van der Waals surface area contributed by atoms with Gasteiger partial charge in [0, 0.05) is 12.7 Å². The van der Waals surface area contributed by atoms with Crippen molar-refractivity contribution >= 4 is 5.91 Å². The summed E-state index contributed by atoms with van der Waals surface area (Å²) in [4.78, 5) is 22.6. The molecule has 1 aromatic heterocycles. The van der Waals surface area contributed by atoms with Gasteiger partial charge in [-0.25, -0.2) is 4.98 Å². The first-order valence-electron chi connectivity index (χ1n) is 7.16. The fourth-order valence-corrected chi connectivity index (χ4v) is 2.26. The van der Waals surface area contributed by atoms with E-state index in [1.807, 2.05) is 32.9 Å². The van der Waals surface area contributed by atoms with Crippen molar-refractivity contribution in [1.29, 1.82) is 5.26 Å². The number of aryl methyl sites for hydroxylation is 1. The summed E-state index contributed by atoms with van der Waals surface area (Å²) in [6.45, 7) is 6.29. The van der Waals surface area contributed by atoms with Crippen LogP contribution < -0.4 is 0 Å². The molecule has 0 radical (unpaired) electrons. The second-order valence-electron chi connectivity index (χ2n) is 5.04. The van der Waals surface area contributed by atoms with E-state index in [9.17, 15) is 4.79 Å². The van der Waals surface area contributed by atoms with Gasteiger partial charge in [-0.1, -0.05) is 12.1 Å². The molecule has 0 saturated carbocycles. The standard InChI is InChI=1S/C17H18N4O/c1-4-21(17(22)16-11-19-12(2)10-20-16)13(3)15-7-5-14(9-18)6-8-15/h5-8,10-11,13H,4H2,1-3H3. The van der Waals surface area contributed by atoms with E-state index < -0.39 is 0 Å². The molecular weight excluding hydrogens is 276 g/mol. The fraction of sp³-hybridized carbons (Fsp3) is 0.294. The number of hydrogen-bond donors (Lipinski definition) is 0. The number of rotatable bonds is 4. The molecule has 0 aliphatic rings. The average molecular weight is 294 g/mol. The first kappa shape index (κ1) is 15.6. The second-order valence-corrected chi connectivity index (χ2v) is 5.04. The van der Waals surface area contributed by atoms with Gasteiger partial charge in [-0.3, -0.25) is 9.78 Å². The van der Waals surface area contributed by atoms with Crippen LogP contribution >= 0.6 is 0 Å². The van der Waals surface area contributed by atoms with Gasteiger partial charge in [-0.2, -0.15) is 5.26 Å². The molecule has 0 saturated heterocycles. The lowest BCUT2D eigenvalue weighted by Crippen LogP contribution is -2.34. The van der Waals surface area contributed by atoms with Gasteiger partial charge >= 0.3 is 0 Å². The summed E-state index contributed by atoms with van der Waals surface area (Å²) in [5.74, 6) is -0.146. The minimum atomic E-state index is -0.146. The molecule has 0 bridgehead atoms. The summed E-state index contributed by atoms with van der Waals surface area (Å²) in [6.07, 6.45) is 3.10. The highest BCUT2D eigenvalue weighted by atomic mass is 16.2. The first-order valence-corrected chi connectivity index (χ1v) is 7.16. The molecule has 2 aromatic rings. The molecule has 112 valence electrons. The van der Waals surface area contributed by atoms with Crippen molar-refractivity contribution in [2.75, 3.05) is 6.54 Å². The zero-order valence-corrected chi connectivity index (χ0v) is 12.9. The van der Waals surface area contributed by atoms with Crippen LogP contribution in [0.4, 0.5) is 0 Å². The van der Waals surface area contributed by atoms with Gasteiger partial charge in [0.2, 0.25) is 0 Å². The van der Waals surface area contributed by atoms with Crippen molar-refractivity contribution in [3.63, 3.8) is 0 Å². The van der Waals surface area contributed by atoms with E-state index >= 15 is 0 Å². The Hall–Kier alpha value is -2.74. The van der Waals surface area contributed by atoms with Crippen LogP contribution in [0.2, 0.25) is 0 Å². The zero-order valence-electron chi connectivity index (χ0n) is 12.9. The summed E-state index contributed by atoms with van der Waals surface area (Å²) < 4.78 is 0. The number of hydrogen-bond acceptors (Lipinski definition) is 4. The Balaban J connectivity index is 2.24.